The molecule has 3 aromatic carbocycles. The van der Waals surface area contributed by atoms with Crippen molar-refractivity contribution >= 4 is 34.0 Å². The lowest BCUT2D eigenvalue weighted by molar-refractivity contribution is -0.121. The van der Waals surface area contributed by atoms with E-state index in [1.165, 1.54) is 16.3 Å². The Morgan fingerprint density at radius 3 is 2.67 bits per heavy atom. The molecule has 1 N–H and O–H groups in total. The number of benzene rings is 3. The summed E-state index contributed by atoms with van der Waals surface area (Å²) in [5.74, 6) is 0.115. The molecule has 4 heteroatoms. The molecule has 1 amide bonds. The number of rotatable bonds is 4. The summed E-state index contributed by atoms with van der Waals surface area (Å²) < 4.78 is 0. The van der Waals surface area contributed by atoms with Gasteiger partial charge in [0.25, 0.3) is 0 Å². The second-order valence-electron chi connectivity index (χ2n) is 7.21. The maximum atomic E-state index is 12.7. The quantitative estimate of drug-likeness (QED) is 0.664. The summed E-state index contributed by atoms with van der Waals surface area (Å²) in [6, 6.07) is 22.2. The molecular formula is C23H23ClN2O. The highest BCUT2D eigenvalue weighted by atomic mass is 35.5. The molecule has 0 aromatic heterocycles. The van der Waals surface area contributed by atoms with Crippen LogP contribution in [0.1, 0.15) is 18.4 Å². The van der Waals surface area contributed by atoms with E-state index in [4.69, 9.17) is 11.6 Å². The summed E-state index contributed by atoms with van der Waals surface area (Å²) in [6.07, 6.45) is 1.98. The van der Waals surface area contributed by atoms with E-state index in [-0.39, 0.29) is 11.8 Å². The molecule has 0 aliphatic carbocycles. The van der Waals surface area contributed by atoms with Crippen LogP contribution in [0.15, 0.2) is 66.7 Å². The summed E-state index contributed by atoms with van der Waals surface area (Å²) in [7, 11) is 0. The Kier molecular flexibility index (Phi) is 5.42. The summed E-state index contributed by atoms with van der Waals surface area (Å²) in [4.78, 5) is 15.1. The van der Waals surface area contributed by atoms with Gasteiger partial charge in [0.15, 0.2) is 0 Å². The third-order valence-electron chi connectivity index (χ3n) is 5.26. The number of anilines is 1. The zero-order valence-corrected chi connectivity index (χ0v) is 16.0. The predicted molar refractivity (Wildman–Crippen MR) is 112 cm³/mol. The van der Waals surface area contributed by atoms with E-state index >= 15 is 0 Å². The van der Waals surface area contributed by atoms with Gasteiger partial charge in [-0.2, -0.15) is 0 Å². The fourth-order valence-electron chi connectivity index (χ4n) is 3.86. The fourth-order valence-corrected chi connectivity index (χ4v) is 3.99. The summed E-state index contributed by atoms with van der Waals surface area (Å²) in [6.45, 7) is 2.71. The van der Waals surface area contributed by atoms with Crippen LogP contribution in [-0.4, -0.2) is 23.9 Å². The third-order valence-corrected chi connectivity index (χ3v) is 5.51. The van der Waals surface area contributed by atoms with Gasteiger partial charge < -0.3 is 5.32 Å². The lowest BCUT2D eigenvalue weighted by Gasteiger charge is -2.32. The Morgan fingerprint density at radius 1 is 1.04 bits per heavy atom. The number of halogens is 1. The number of piperidine rings is 1. The average molecular weight is 379 g/mol. The SMILES string of the molecule is O=C(Nc1ccc(Cl)cc1)C1CCCN(Cc2cccc3ccccc23)C1. The van der Waals surface area contributed by atoms with Gasteiger partial charge in [-0.25, -0.2) is 0 Å². The number of likely N-dealkylation sites (tertiary alicyclic amines) is 1. The van der Waals surface area contributed by atoms with E-state index in [9.17, 15) is 4.79 Å². The van der Waals surface area contributed by atoms with Crippen molar-refractivity contribution < 1.29 is 4.79 Å². The van der Waals surface area contributed by atoms with Crippen LogP contribution in [0, 0.1) is 5.92 Å². The van der Waals surface area contributed by atoms with Crippen LogP contribution in [0.4, 0.5) is 5.69 Å². The van der Waals surface area contributed by atoms with Crippen LogP contribution in [0.3, 0.4) is 0 Å². The lowest BCUT2D eigenvalue weighted by atomic mass is 9.96. The largest absolute Gasteiger partial charge is 0.326 e. The number of nitrogens with one attached hydrogen (secondary N) is 1. The molecule has 1 aliphatic rings. The molecule has 1 heterocycles. The Labute approximate surface area is 164 Å². The fraction of sp³-hybridized carbons (Fsp3) is 0.261. The minimum Gasteiger partial charge on any atom is -0.326 e. The van der Waals surface area contributed by atoms with E-state index in [1.807, 2.05) is 12.1 Å². The van der Waals surface area contributed by atoms with E-state index in [1.54, 1.807) is 12.1 Å². The molecule has 0 spiro atoms. The van der Waals surface area contributed by atoms with Crippen molar-refractivity contribution in [3.05, 3.63) is 77.3 Å². The molecule has 4 rings (SSSR count). The highest BCUT2D eigenvalue weighted by Crippen LogP contribution is 2.24. The van der Waals surface area contributed by atoms with Crippen LogP contribution in [0.25, 0.3) is 10.8 Å². The van der Waals surface area contributed by atoms with Gasteiger partial charge in [0, 0.05) is 23.8 Å². The van der Waals surface area contributed by atoms with Crippen LogP contribution < -0.4 is 5.32 Å². The summed E-state index contributed by atoms with van der Waals surface area (Å²) in [5.41, 5.74) is 2.13. The first kappa shape index (κ1) is 18.0. The number of carbonyl (C=O) groups is 1. The molecule has 3 nitrogen and oxygen atoms in total. The second-order valence-corrected chi connectivity index (χ2v) is 7.65. The first-order valence-corrected chi connectivity index (χ1v) is 9.82. The van der Waals surface area contributed by atoms with Crippen LogP contribution >= 0.6 is 11.6 Å². The van der Waals surface area contributed by atoms with Crippen molar-refractivity contribution in [3.63, 3.8) is 0 Å². The minimum absolute atomic E-state index is 0.0180. The summed E-state index contributed by atoms with van der Waals surface area (Å²) in [5, 5.41) is 6.27. The lowest BCUT2D eigenvalue weighted by Crippen LogP contribution is -2.40. The third kappa shape index (κ3) is 4.32. The number of fused-ring (bicyclic) bond motifs is 1. The number of carbonyl (C=O) groups excluding carboxylic acids is 1. The maximum absolute atomic E-state index is 12.7. The number of hydrogen-bond donors (Lipinski definition) is 1. The van der Waals surface area contributed by atoms with E-state index in [2.05, 4.69) is 52.7 Å². The zero-order chi connectivity index (χ0) is 18.6. The molecule has 1 aliphatic heterocycles. The van der Waals surface area contributed by atoms with Crippen molar-refractivity contribution in [1.82, 2.24) is 4.90 Å². The Morgan fingerprint density at radius 2 is 1.81 bits per heavy atom. The van der Waals surface area contributed by atoms with Crippen LogP contribution in [0.5, 0.6) is 0 Å². The normalized spacial score (nSPS) is 17.7. The van der Waals surface area contributed by atoms with Gasteiger partial charge >= 0.3 is 0 Å². The van der Waals surface area contributed by atoms with Gasteiger partial charge in [0.05, 0.1) is 5.92 Å². The predicted octanol–water partition coefficient (Wildman–Crippen LogP) is 5.34. The highest BCUT2D eigenvalue weighted by Gasteiger charge is 2.26. The Bertz CT molecular complexity index is 933. The molecule has 1 unspecified atom stereocenters. The van der Waals surface area contributed by atoms with Crippen molar-refractivity contribution in [3.8, 4) is 0 Å². The van der Waals surface area contributed by atoms with Gasteiger partial charge in [-0.15, -0.1) is 0 Å². The van der Waals surface area contributed by atoms with Gasteiger partial charge in [0.2, 0.25) is 5.91 Å². The molecular weight excluding hydrogens is 356 g/mol. The standard InChI is InChI=1S/C23H23ClN2O/c24-20-10-12-21(13-11-20)25-23(27)19-8-4-14-26(16-19)15-18-7-3-6-17-5-1-2-9-22(17)18/h1-3,5-7,9-13,19H,4,8,14-16H2,(H,25,27). The van der Waals surface area contributed by atoms with Crippen molar-refractivity contribution in [2.24, 2.45) is 5.92 Å². The van der Waals surface area contributed by atoms with E-state index in [0.717, 1.165) is 38.2 Å². The molecule has 1 fully saturated rings. The molecule has 0 saturated carbocycles. The molecule has 1 saturated heterocycles. The molecule has 138 valence electrons. The smallest absolute Gasteiger partial charge is 0.228 e. The molecule has 3 aromatic rings. The van der Waals surface area contributed by atoms with Crippen LogP contribution in [0.2, 0.25) is 5.02 Å². The first-order chi connectivity index (χ1) is 13.2. The highest BCUT2D eigenvalue weighted by molar-refractivity contribution is 6.30. The van der Waals surface area contributed by atoms with Gasteiger partial charge in [-0.3, -0.25) is 9.69 Å². The number of amides is 1. The Hall–Kier alpha value is -2.36. The monoisotopic (exact) mass is 378 g/mol. The second kappa shape index (κ2) is 8.12. The van der Waals surface area contributed by atoms with E-state index in [0.29, 0.717) is 5.02 Å². The van der Waals surface area contributed by atoms with Gasteiger partial charge in [-0.1, -0.05) is 54.1 Å². The molecule has 1 atom stereocenters. The van der Waals surface area contributed by atoms with Gasteiger partial charge in [-0.05, 0) is 60.0 Å². The minimum atomic E-state index is 0.0180. The number of hydrogen-bond acceptors (Lipinski definition) is 2. The van der Waals surface area contributed by atoms with E-state index < -0.39 is 0 Å². The summed E-state index contributed by atoms with van der Waals surface area (Å²) >= 11 is 5.92. The Balaban J connectivity index is 1.43. The molecule has 27 heavy (non-hydrogen) atoms. The molecule has 0 bridgehead atoms. The van der Waals surface area contributed by atoms with Gasteiger partial charge in [0.1, 0.15) is 0 Å². The van der Waals surface area contributed by atoms with Crippen LogP contribution in [-0.2, 0) is 11.3 Å². The molecule has 0 radical (unpaired) electrons. The maximum Gasteiger partial charge on any atom is 0.228 e. The van der Waals surface area contributed by atoms with Crippen molar-refractivity contribution in [1.29, 1.82) is 0 Å². The zero-order valence-electron chi connectivity index (χ0n) is 15.2. The van der Waals surface area contributed by atoms with Crippen molar-refractivity contribution in [2.45, 2.75) is 19.4 Å². The topological polar surface area (TPSA) is 32.3 Å². The average Bonchev–Trinajstić information content (AvgIpc) is 2.70. The number of nitrogens with zero attached hydrogens (tertiary/aromatic N) is 1. The first-order valence-electron chi connectivity index (χ1n) is 9.44. The van der Waals surface area contributed by atoms with Crippen molar-refractivity contribution in [2.75, 3.05) is 18.4 Å².